The van der Waals surface area contributed by atoms with Crippen molar-refractivity contribution in [3.05, 3.63) is 193 Å². The first-order valence-electron chi connectivity index (χ1n) is 27.3. The third-order valence-electron chi connectivity index (χ3n) is 16.2. The summed E-state index contributed by atoms with van der Waals surface area (Å²) in [6.45, 7) is 30.9. The van der Waals surface area contributed by atoms with Gasteiger partial charge in [0.1, 0.15) is 31.5 Å². The molecular weight excluding hydrogens is 1330 g/mol. The molecule has 9 heteroatoms. The number of aromatic nitrogens is 2. The Kier molecular flexibility index (Phi) is 30.4. The van der Waals surface area contributed by atoms with Crippen molar-refractivity contribution < 1.29 is 61.9 Å². The molecule has 0 N–H and O–H groups in total. The third-order valence-corrected chi connectivity index (χ3v) is 16.2. The minimum Gasteiger partial charge on any atom is -0.358 e. The Hall–Kier alpha value is -4.78. The second-order valence-electron chi connectivity index (χ2n) is 21.8. The van der Waals surface area contributed by atoms with Crippen molar-refractivity contribution in [2.24, 2.45) is 14.1 Å². The van der Waals surface area contributed by atoms with E-state index in [1.165, 1.54) is 183 Å². The van der Waals surface area contributed by atoms with Gasteiger partial charge in [0.15, 0.2) is 12.4 Å². The molecule has 4 fully saturated rings. The smallest absolute Gasteiger partial charge is 0.358 e. The topological polar surface area (TPSA) is 16.5 Å². The zero-order chi connectivity index (χ0) is 52.5. The molecule has 10 rings (SSSR count). The predicted octanol–water partition coefficient (Wildman–Crippen LogP) is 20.7. The molecule has 0 amide bonds. The molecule has 6 aromatic rings. The number of pyridine rings is 2. The Balaban J connectivity index is 0.000000627. The maximum absolute atomic E-state index is 15.1. The van der Waals surface area contributed by atoms with Gasteiger partial charge in [-0.15, -0.1) is 0 Å². The Bertz CT molecular complexity index is 2980. The molecule has 4 aliphatic carbocycles. The zero-order valence-electron chi connectivity index (χ0n) is 50.4. The number of halogens is 3. The Morgan fingerprint density at radius 3 is 1.09 bits per heavy atom. The van der Waals surface area contributed by atoms with E-state index in [1.807, 2.05) is 44.8 Å². The van der Waals surface area contributed by atoms with Gasteiger partial charge < -0.3 is 29.7 Å². The molecule has 4 aromatic carbocycles. The molecule has 0 spiro atoms. The summed E-state index contributed by atoms with van der Waals surface area (Å²) in [4.78, 5) is 6.41. The molecule has 426 valence electrons. The van der Waals surface area contributed by atoms with Crippen LogP contribution in [0.5, 0.6) is 0 Å². The van der Waals surface area contributed by atoms with Gasteiger partial charge in [-0.1, -0.05) is 114 Å². The summed E-state index contributed by atoms with van der Waals surface area (Å²) in [5.41, 5.74) is 18.7. The van der Waals surface area contributed by atoms with Crippen LogP contribution in [-0.2, 0) is 53.7 Å². The first-order valence-corrected chi connectivity index (χ1v) is 27.3. The monoisotopic (exact) mass is 1430 g/mol. The molecule has 4 saturated carbocycles. The fraction of sp³-hybridized carbons (Fsp3) is 0.429. The van der Waals surface area contributed by atoms with E-state index in [-0.39, 0.29) is 80.5 Å². The van der Waals surface area contributed by atoms with Crippen LogP contribution in [0.2, 0.25) is 0 Å². The second kappa shape index (κ2) is 33.2. The van der Waals surface area contributed by atoms with E-state index in [0.717, 1.165) is 27.9 Å². The van der Waals surface area contributed by atoms with Crippen molar-refractivity contribution >= 4 is 11.4 Å². The molecule has 0 unspecified atom stereocenters. The molecule has 0 atom stereocenters. The molecular formula is C70H91F3N4Os2+2. The van der Waals surface area contributed by atoms with Crippen LogP contribution in [0, 0.1) is 116 Å². The van der Waals surface area contributed by atoms with E-state index in [9.17, 15) is 8.78 Å². The summed E-state index contributed by atoms with van der Waals surface area (Å²) in [6, 6.07) is 17.9. The van der Waals surface area contributed by atoms with Gasteiger partial charge in [-0.25, -0.2) is 32.0 Å². The van der Waals surface area contributed by atoms with Gasteiger partial charge in [0.25, 0.3) is 5.69 Å². The van der Waals surface area contributed by atoms with E-state index in [0.29, 0.717) is 23.1 Å². The molecule has 0 radical (unpaired) electrons. The van der Waals surface area contributed by atoms with Crippen molar-refractivity contribution in [2.45, 2.75) is 183 Å². The number of hydrogen-bond acceptors (Lipinski definition) is 0. The average Bonchev–Trinajstić information content (AvgIpc) is 4.22. The molecule has 2 heterocycles. The summed E-state index contributed by atoms with van der Waals surface area (Å²) in [7, 11) is 3.89. The van der Waals surface area contributed by atoms with E-state index >= 15 is 4.39 Å². The number of nitrogens with zero attached hydrogens (tertiary/aromatic N) is 4. The van der Waals surface area contributed by atoms with Gasteiger partial charge in [0.05, 0.1) is 18.7 Å². The summed E-state index contributed by atoms with van der Waals surface area (Å²) in [6.07, 6.45) is 29.7. The quantitative estimate of drug-likeness (QED) is 0.117. The summed E-state index contributed by atoms with van der Waals surface area (Å²) < 4.78 is 47.1. The van der Waals surface area contributed by atoms with Crippen LogP contribution in [0.1, 0.15) is 183 Å². The van der Waals surface area contributed by atoms with Gasteiger partial charge in [-0.2, -0.15) is 0 Å². The number of benzene rings is 4. The Morgan fingerprint density at radius 1 is 0.392 bits per heavy atom. The SMILES string of the molecule is C1CCCC1.C1CCCC1.[C-]#[N+]c1c(F)cc(C)c(-c2cc(C)c(-c3c(C)cc(C4CCCC4)cc3C)c[n+]2C)c1F.[C-]#[N+]c1cc(-c2cc(C)c(-c3c(C)cc(C4CCCC4)cc3C)c[n+]2C)c(C)cc1F.[CH3-].[CH3-].[CH3-].[CH3-].[Os+2].[Os+2]. The van der Waals surface area contributed by atoms with E-state index in [2.05, 4.69) is 85.4 Å². The Morgan fingerprint density at radius 2 is 0.722 bits per heavy atom. The number of hydrogen-bond donors (Lipinski definition) is 0. The first-order chi connectivity index (χ1) is 35.0. The van der Waals surface area contributed by atoms with Crippen molar-refractivity contribution in [2.75, 3.05) is 0 Å². The molecule has 4 aliphatic rings. The van der Waals surface area contributed by atoms with Gasteiger partial charge in [0, 0.05) is 28.8 Å². The van der Waals surface area contributed by atoms with Gasteiger partial charge in [-0.05, 0) is 178 Å². The van der Waals surface area contributed by atoms with Gasteiger partial charge >= 0.3 is 39.6 Å². The molecule has 0 aliphatic heterocycles. The van der Waals surface area contributed by atoms with Gasteiger partial charge in [0.2, 0.25) is 17.1 Å². The van der Waals surface area contributed by atoms with Crippen molar-refractivity contribution in [1.82, 2.24) is 0 Å². The number of rotatable bonds is 6. The van der Waals surface area contributed by atoms with Gasteiger partial charge in [-0.3, -0.25) is 0 Å². The summed E-state index contributed by atoms with van der Waals surface area (Å²) >= 11 is 0. The average molecular weight is 1430 g/mol. The largest absolute Gasteiger partial charge is 2.00 e. The van der Waals surface area contributed by atoms with Crippen molar-refractivity contribution in [3.8, 4) is 44.8 Å². The zero-order valence-corrected chi connectivity index (χ0v) is 55.4. The van der Waals surface area contributed by atoms with E-state index < -0.39 is 23.1 Å². The van der Waals surface area contributed by atoms with Crippen LogP contribution in [0.15, 0.2) is 67.0 Å². The van der Waals surface area contributed by atoms with Crippen LogP contribution < -0.4 is 9.13 Å². The molecule has 2 aromatic heterocycles. The summed E-state index contributed by atoms with van der Waals surface area (Å²) in [5.74, 6) is -0.691. The Labute approximate surface area is 504 Å². The fourth-order valence-corrected chi connectivity index (χ4v) is 12.3. The van der Waals surface area contributed by atoms with Crippen LogP contribution in [-0.4, -0.2) is 0 Å². The molecule has 0 bridgehead atoms. The number of aryl methyl sites for hydroxylation is 10. The third kappa shape index (κ3) is 17.1. The fourth-order valence-electron chi connectivity index (χ4n) is 12.3. The van der Waals surface area contributed by atoms with Crippen molar-refractivity contribution in [3.63, 3.8) is 0 Å². The minimum atomic E-state index is -0.816. The summed E-state index contributed by atoms with van der Waals surface area (Å²) in [5, 5.41) is 0. The van der Waals surface area contributed by atoms with Crippen LogP contribution in [0.3, 0.4) is 0 Å². The molecule has 4 nitrogen and oxygen atoms in total. The predicted molar refractivity (Wildman–Crippen MR) is 322 cm³/mol. The van der Waals surface area contributed by atoms with Crippen LogP contribution in [0.25, 0.3) is 54.5 Å². The minimum absolute atomic E-state index is 0. The maximum Gasteiger partial charge on any atom is 2.00 e. The van der Waals surface area contributed by atoms with E-state index in [1.54, 1.807) is 13.0 Å². The maximum atomic E-state index is 15.1. The van der Waals surface area contributed by atoms with Crippen LogP contribution >= 0.6 is 0 Å². The van der Waals surface area contributed by atoms with Crippen LogP contribution in [0.4, 0.5) is 24.5 Å². The molecule has 0 saturated heterocycles. The normalized spacial score (nSPS) is 14.3. The van der Waals surface area contributed by atoms with E-state index in [4.69, 9.17) is 13.1 Å². The first kappa shape index (κ1) is 72.2. The second-order valence-corrected chi connectivity index (χ2v) is 21.8. The standard InChI is InChI=1S/C28H29F2N2.C28H30FN2.2C5H10.4CH3.2Os/c1-16-14-24(26-19(4)13-23(29)28(31-5)27(26)30)32(6)15-22(16)25-17(2)11-21(12-18(25)3)20-9-7-8-10-20;1-17-13-25(29)26(30-5)15-23(17)27-14-18(2)24(16-31(27)6)28-19(3)11-22(12-20(28)4)21-9-7-8-10-21;2*1-2-4-5-3-1;;;;;;/h11-15,20H,7-10H2,1-4,6H3;11-16,21H,7-10H2,1-4,6H3;2*1-5H2;4*1H3;;/q2*+1;;;4*-1;2*+2. The molecule has 79 heavy (non-hydrogen) atoms. The van der Waals surface area contributed by atoms with Crippen molar-refractivity contribution in [1.29, 1.82) is 0 Å².